The lowest BCUT2D eigenvalue weighted by Crippen LogP contribution is -1.92. The molecule has 0 aliphatic heterocycles. The molecule has 0 saturated heterocycles. The van der Waals surface area contributed by atoms with Crippen LogP contribution in [-0.2, 0) is 4.79 Å². The van der Waals surface area contributed by atoms with Crippen molar-refractivity contribution in [3.05, 3.63) is 54.1 Å². The zero-order valence-electron chi connectivity index (χ0n) is 10.2. The molecule has 92 valence electrons. The average Bonchev–Trinajstić information content (AvgIpc) is 2.38. The van der Waals surface area contributed by atoms with Crippen molar-refractivity contribution in [1.29, 1.82) is 0 Å². The molecule has 0 saturated carbocycles. The van der Waals surface area contributed by atoms with Crippen molar-refractivity contribution >= 4 is 22.8 Å². The Morgan fingerprint density at radius 1 is 1.11 bits per heavy atom. The second kappa shape index (κ2) is 6.01. The van der Waals surface area contributed by atoms with Crippen LogP contribution < -0.4 is 0 Å². The highest BCUT2D eigenvalue weighted by atomic mass is 16.4. The molecule has 2 rings (SSSR count). The van der Waals surface area contributed by atoms with Gasteiger partial charge in [-0.05, 0) is 35.2 Å². The van der Waals surface area contributed by atoms with Crippen LogP contribution in [0.1, 0.15) is 24.8 Å². The molecule has 0 spiro atoms. The molecule has 2 aromatic carbocycles. The van der Waals surface area contributed by atoms with Gasteiger partial charge in [-0.2, -0.15) is 0 Å². The van der Waals surface area contributed by atoms with E-state index in [1.165, 1.54) is 10.8 Å². The number of benzene rings is 2. The van der Waals surface area contributed by atoms with Crippen LogP contribution in [0.3, 0.4) is 0 Å². The van der Waals surface area contributed by atoms with Crippen molar-refractivity contribution in [3.63, 3.8) is 0 Å². The normalized spacial score (nSPS) is 11.1. The Bertz CT molecular complexity index is 570. The van der Waals surface area contributed by atoms with E-state index >= 15 is 0 Å². The lowest BCUT2D eigenvalue weighted by Gasteiger charge is -1.99. The van der Waals surface area contributed by atoms with Crippen LogP contribution in [0, 0.1) is 0 Å². The molecule has 0 aliphatic carbocycles. The van der Waals surface area contributed by atoms with E-state index in [0.29, 0.717) is 6.42 Å². The van der Waals surface area contributed by atoms with Crippen LogP contribution in [0.4, 0.5) is 0 Å². The quantitative estimate of drug-likeness (QED) is 0.798. The fourth-order valence-electron chi connectivity index (χ4n) is 1.90. The molecule has 18 heavy (non-hydrogen) atoms. The summed E-state index contributed by atoms with van der Waals surface area (Å²) >= 11 is 0. The molecule has 1 N–H and O–H groups in total. The minimum absolute atomic E-state index is 0.238. The Kier molecular flexibility index (Phi) is 4.13. The highest BCUT2D eigenvalue weighted by Crippen LogP contribution is 2.16. The first-order valence-electron chi connectivity index (χ1n) is 6.13. The second-order valence-corrected chi connectivity index (χ2v) is 4.29. The van der Waals surface area contributed by atoms with E-state index in [2.05, 4.69) is 30.3 Å². The Morgan fingerprint density at radius 2 is 1.89 bits per heavy atom. The summed E-state index contributed by atoms with van der Waals surface area (Å²) in [6.45, 7) is 0. The van der Waals surface area contributed by atoms with E-state index in [9.17, 15) is 4.79 Å². The first-order chi connectivity index (χ1) is 8.75. The monoisotopic (exact) mass is 240 g/mol. The van der Waals surface area contributed by atoms with Gasteiger partial charge >= 0.3 is 5.97 Å². The van der Waals surface area contributed by atoms with Crippen LogP contribution in [0.15, 0.2) is 48.5 Å². The maximum Gasteiger partial charge on any atom is 0.303 e. The van der Waals surface area contributed by atoms with Crippen LogP contribution >= 0.6 is 0 Å². The molecule has 0 aromatic heterocycles. The minimum Gasteiger partial charge on any atom is -0.481 e. The molecule has 0 fully saturated rings. The summed E-state index contributed by atoms with van der Waals surface area (Å²) < 4.78 is 0. The number of unbranched alkanes of at least 4 members (excludes halogenated alkanes) is 1. The van der Waals surface area contributed by atoms with Gasteiger partial charge in [-0.3, -0.25) is 4.79 Å². The number of fused-ring (bicyclic) bond motifs is 1. The SMILES string of the molecule is O=C(O)CCC/C=C\c1ccc2ccccc2c1. The topological polar surface area (TPSA) is 37.3 Å². The minimum atomic E-state index is -0.728. The molecule has 2 aromatic rings. The summed E-state index contributed by atoms with van der Waals surface area (Å²) in [5, 5.41) is 11.0. The Morgan fingerprint density at radius 3 is 2.67 bits per heavy atom. The molecule has 0 aliphatic rings. The third-order valence-electron chi connectivity index (χ3n) is 2.85. The first-order valence-corrected chi connectivity index (χ1v) is 6.13. The molecular formula is C16H16O2. The first kappa shape index (κ1) is 12.4. The van der Waals surface area contributed by atoms with Gasteiger partial charge in [-0.1, -0.05) is 48.6 Å². The number of hydrogen-bond donors (Lipinski definition) is 1. The third-order valence-corrected chi connectivity index (χ3v) is 2.85. The molecule has 0 radical (unpaired) electrons. The predicted octanol–water partition coefficient (Wildman–Crippen LogP) is 4.11. The molecule has 0 atom stereocenters. The molecule has 0 bridgehead atoms. The van der Waals surface area contributed by atoms with Crippen molar-refractivity contribution in [3.8, 4) is 0 Å². The van der Waals surface area contributed by atoms with Crippen molar-refractivity contribution < 1.29 is 9.90 Å². The summed E-state index contributed by atoms with van der Waals surface area (Å²) in [5.41, 5.74) is 1.16. The van der Waals surface area contributed by atoms with E-state index in [-0.39, 0.29) is 6.42 Å². The summed E-state index contributed by atoms with van der Waals surface area (Å²) in [7, 11) is 0. The highest BCUT2D eigenvalue weighted by Gasteiger charge is 1.94. The van der Waals surface area contributed by atoms with E-state index in [1.54, 1.807) is 0 Å². The number of carboxylic acids is 1. The van der Waals surface area contributed by atoms with Gasteiger partial charge < -0.3 is 5.11 Å². The summed E-state index contributed by atoms with van der Waals surface area (Å²) in [5.74, 6) is -0.728. The lowest BCUT2D eigenvalue weighted by atomic mass is 10.1. The van der Waals surface area contributed by atoms with Crippen molar-refractivity contribution in [2.75, 3.05) is 0 Å². The van der Waals surface area contributed by atoms with Crippen LogP contribution in [0.25, 0.3) is 16.8 Å². The van der Waals surface area contributed by atoms with Crippen LogP contribution in [0.5, 0.6) is 0 Å². The zero-order chi connectivity index (χ0) is 12.8. The van der Waals surface area contributed by atoms with Crippen molar-refractivity contribution in [1.82, 2.24) is 0 Å². The van der Waals surface area contributed by atoms with Gasteiger partial charge in [0.15, 0.2) is 0 Å². The molecular weight excluding hydrogens is 224 g/mol. The average molecular weight is 240 g/mol. The fraction of sp³-hybridized carbons (Fsp3) is 0.188. The maximum absolute atomic E-state index is 10.4. The van der Waals surface area contributed by atoms with Gasteiger partial charge in [0.1, 0.15) is 0 Å². The molecule has 2 heteroatoms. The van der Waals surface area contributed by atoms with E-state index in [1.807, 2.05) is 24.3 Å². The predicted molar refractivity (Wildman–Crippen MR) is 74.5 cm³/mol. The number of allylic oxidation sites excluding steroid dienone is 1. The standard InChI is InChI=1S/C16H16O2/c17-16(18)9-3-1-2-6-13-10-11-14-7-4-5-8-15(14)12-13/h2,4-8,10-12H,1,3,9H2,(H,17,18)/b6-2-. The Balaban J connectivity index is 1.99. The summed E-state index contributed by atoms with van der Waals surface area (Å²) in [6, 6.07) is 14.6. The van der Waals surface area contributed by atoms with Crippen molar-refractivity contribution in [2.45, 2.75) is 19.3 Å². The summed E-state index contributed by atoms with van der Waals surface area (Å²) in [4.78, 5) is 10.4. The van der Waals surface area contributed by atoms with Crippen LogP contribution in [-0.4, -0.2) is 11.1 Å². The zero-order valence-corrected chi connectivity index (χ0v) is 10.2. The number of rotatable bonds is 5. The van der Waals surface area contributed by atoms with Gasteiger partial charge in [0.05, 0.1) is 0 Å². The third kappa shape index (κ3) is 3.45. The van der Waals surface area contributed by atoms with Crippen LogP contribution in [0.2, 0.25) is 0 Å². The largest absolute Gasteiger partial charge is 0.481 e. The number of carbonyl (C=O) groups is 1. The molecule has 0 heterocycles. The van der Waals surface area contributed by atoms with Gasteiger partial charge in [0.25, 0.3) is 0 Å². The molecule has 2 nitrogen and oxygen atoms in total. The van der Waals surface area contributed by atoms with E-state index in [4.69, 9.17) is 5.11 Å². The van der Waals surface area contributed by atoms with Gasteiger partial charge in [-0.25, -0.2) is 0 Å². The number of hydrogen-bond acceptors (Lipinski definition) is 1. The summed E-state index contributed by atoms with van der Waals surface area (Å²) in [6.07, 6.45) is 5.82. The Labute approximate surface area is 107 Å². The van der Waals surface area contributed by atoms with E-state index < -0.39 is 5.97 Å². The van der Waals surface area contributed by atoms with Gasteiger partial charge in [0.2, 0.25) is 0 Å². The lowest BCUT2D eigenvalue weighted by molar-refractivity contribution is -0.137. The highest BCUT2D eigenvalue weighted by molar-refractivity contribution is 5.84. The number of carboxylic acid groups (broad SMARTS) is 1. The van der Waals surface area contributed by atoms with E-state index in [0.717, 1.165) is 12.0 Å². The smallest absolute Gasteiger partial charge is 0.303 e. The number of aliphatic carboxylic acids is 1. The van der Waals surface area contributed by atoms with Crippen molar-refractivity contribution in [2.24, 2.45) is 0 Å². The molecule has 0 unspecified atom stereocenters. The maximum atomic E-state index is 10.4. The molecule has 0 amide bonds. The van der Waals surface area contributed by atoms with Gasteiger partial charge in [-0.15, -0.1) is 0 Å². The Hall–Kier alpha value is -2.09. The van der Waals surface area contributed by atoms with Gasteiger partial charge in [0, 0.05) is 6.42 Å². The second-order valence-electron chi connectivity index (χ2n) is 4.29. The fourth-order valence-corrected chi connectivity index (χ4v) is 1.90.